The Labute approximate surface area is 118 Å². The SMILES string of the molecule is CC[C@H](N[C@@H](C)c1nnc(C)o1)c1ccc(Cl)cc1. The van der Waals surface area contributed by atoms with Crippen molar-refractivity contribution in [2.45, 2.75) is 39.3 Å². The first-order valence-corrected chi connectivity index (χ1v) is 6.79. The van der Waals surface area contributed by atoms with Crippen molar-refractivity contribution in [1.29, 1.82) is 0 Å². The fourth-order valence-corrected chi connectivity index (χ4v) is 2.13. The first-order valence-electron chi connectivity index (χ1n) is 6.41. The molecule has 0 aliphatic rings. The number of aryl methyl sites for hydroxylation is 1. The zero-order chi connectivity index (χ0) is 13.8. The van der Waals surface area contributed by atoms with Gasteiger partial charge >= 0.3 is 0 Å². The van der Waals surface area contributed by atoms with Gasteiger partial charge in [-0.3, -0.25) is 5.32 Å². The van der Waals surface area contributed by atoms with Crippen molar-refractivity contribution < 1.29 is 4.42 Å². The summed E-state index contributed by atoms with van der Waals surface area (Å²) in [5.41, 5.74) is 1.20. The van der Waals surface area contributed by atoms with E-state index in [1.165, 1.54) is 5.56 Å². The quantitative estimate of drug-likeness (QED) is 0.904. The molecule has 0 radical (unpaired) electrons. The van der Waals surface area contributed by atoms with E-state index in [4.69, 9.17) is 16.0 Å². The van der Waals surface area contributed by atoms with Crippen LogP contribution in [-0.4, -0.2) is 10.2 Å². The van der Waals surface area contributed by atoms with Gasteiger partial charge in [0.05, 0.1) is 6.04 Å². The number of hydrogen-bond acceptors (Lipinski definition) is 4. The maximum absolute atomic E-state index is 5.91. The number of rotatable bonds is 5. The minimum atomic E-state index is 0.0156. The molecular formula is C14H18ClN3O. The van der Waals surface area contributed by atoms with Crippen LogP contribution in [0.5, 0.6) is 0 Å². The van der Waals surface area contributed by atoms with Crippen molar-refractivity contribution in [3.8, 4) is 0 Å². The third-order valence-corrected chi connectivity index (χ3v) is 3.30. The first kappa shape index (κ1) is 14.0. The molecule has 1 aromatic carbocycles. The van der Waals surface area contributed by atoms with Gasteiger partial charge in [0.2, 0.25) is 11.8 Å². The highest BCUT2D eigenvalue weighted by Crippen LogP contribution is 2.23. The molecule has 0 saturated heterocycles. The van der Waals surface area contributed by atoms with Crippen molar-refractivity contribution in [3.63, 3.8) is 0 Å². The summed E-state index contributed by atoms with van der Waals surface area (Å²) in [4.78, 5) is 0. The van der Waals surface area contributed by atoms with E-state index in [1.807, 2.05) is 31.2 Å². The average Bonchev–Trinajstić information content (AvgIpc) is 2.84. The van der Waals surface area contributed by atoms with Crippen LogP contribution in [0, 0.1) is 6.92 Å². The fraction of sp³-hybridized carbons (Fsp3) is 0.429. The van der Waals surface area contributed by atoms with Crippen LogP contribution in [0.15, 0.2) is 28.7 Å². The highest BCUT2D eigenvalue weighted by Gasteiger charge is 2.17. The summed E-state index contributed by atoms with van der Waals surface area (Å²) >= 11 is 5.91. The Hall–Kier alpha value is -1.39. The summed E-state index contributed by atoms with van der Waals surface area (Å²) in [5, 5.41) is 12.1. The van der Waals surface area contributed by atoms with Crippen molar-refractivity contribution in [2.75, 3.05) is 0 Å². The Morgan fingerprint density at radius 3 is 2.47 bits per heavy atom. The molecule has 2 rings (SSSR count). The summed E-state index contributed by atoms with van der Waals surface area (Å²) < 4.78 is 5.44. The molecule has 0 fully saturated rings. The van der Waals surface area contributed by atoms with E-state index < -0.39 is 0 Å². The first-order chi connectivity index (χ1) is 9.10. The zero-order valence-corrected chi connectivity index (χ0v) is 12.1. The standard InChI is InChI=1S/C14H18ClN3O/c1-4-13(11-5-7-12(15)8-6-11)16-9(2)14-18-17-10(3)19-14/h5-9,13,16H,4H2,1-3H3/t9-,13-/m0/s1. The number of halogens is 1. The van der Waals surface area contributed by atoms with Crippen LogP contribution in [-0.2, 0) is 0 Å². The third-order valence-electron chi connectivity index (χ3n) is 3.04. The number of nitrogens with zero attached hydrogens (tertiary/aromatic N) is 2. The Bertz CT molecular complexity index is 524. The van der Waals surface area contributed by atoms with E-state index in [0.717, 1.165) is 11.4 Å². The number of benzene rings is 1. The molecule has 2 atom stereocenters. The molecule has 0 aliphatic carbocycles. The van der Waals surface area contributed by atoms with Crippen LogP contribution >= 0.6 is 11.6 Å². The second kappa shape index (κ2) is 6.17. The van der Waals surface area contributed by atoms with E-state index >= 15 is 0 Å². The van der Waals surface area contributed by atoms with Gasteiger partial charge in [0.15, 0.2) is 0 Å². The van der Waals surface area contributed by atoms with Gasteiger partial charge in [0.1, 0.15) is 0 Å². The van der Waals surface area contributed by atoms with Crippen molar-refractivity contribution in [1.82, 2.24) is 15.5 Å². The monoisotopic (exact) mass is 279 g/mol. The predicted octanol–water partition coefficient (Wildman–Crippen LogP) is 3.83. The Balaban J connectivity index is 2.08. The molecule has 19 heavy (non-hydrogen) atoms. The van der Waals surface area contributed by atoms with E-state index in [2.05, 4.69) is 22.4 Å². The topological polar surface area (TPSA) is 51.0 Å². The molecule has 0 amide bonds. The van der Waals surface area contributed by atoms with E-state index in [1.54, 1.807) is 6.92 Å². The second-order valence-corrected chi connectivity index (χ2v) is 5.00. The largest absolute Gasteiger partial charge is 0.424 e. The molecule has 0 unspecified atom stereocenters. The molecule has 0 aliphatic heterocycles. The van der Waals surface area contributed by atoms with Gasteiger partial charge in [-0.05, 0) is 31.0 Å². The van der Waals surface area contributed by atoms with Gasteiger partial charge in [-0.25, -0.2) is 0 Å². The molecule has 4 nitrogen and oxygen atoms in total. The summed E-state index contributed by atoms with van der Waals surface area (Å²) in [6.45, 7) is 5.95. The lowest BCUT2D eigenvalue weighted by Crippen LogP contribution is -2.24. The van der Waals surface area contributed by atoms with Crippen LogP contribution in [0.4, 0.5) is 0 Å². The summed E-state index contributed by atoms with van der Waals surface area (Å²) in [6.07, 6.45) is 0.971. The van der Waals surface area contributed by atoms with Crippen LogP contribution in [0.25, 0.3) is 0 Å². The smallest absolute Gasteiger partial charge is 0.233 e. The van der Waals surface area contributed by atoms with Crippen LogP contribution in [0.3, 0.4) is 0 Å². The van der Waals surface area contributed by atoms with Crippen LogP contribution in [0.2, 0.25) is 5.02 Å². The zero-order valence-electron chi connectivity index (χ0n) is 11.4. The van der Waals surface area contributed by atoms with Gasteiger partial charge in [-0.2, -0.15) is 0 Å². The Morgan fingerprint density at radius 2 is 1.95 bits per heavy atom. The van der Waals surface area contributed by atoms with Gasteiger partial charge in [-0.1, -0.05) is 30.7 Å². The average molecular weight is 280 g/mol. The van der Waals surface area contributed by atoms with Crippen molar-refractivity contribution >= 4 is 11.6 Å². The summed E-state index contributed by atoms with van der Waals surface area (Å²) in [7, 11) is 0. The highest BCUT2D eigenvalue weighted by molar-refractivity contribution is 6.30. The summed E-state index contributed by atoms with van der Waals surface area (Å²) in [6, 6.07) is 8.14. The molecule has 2 aromatic rings. The molecule has 0 bridgehead atoms. The third kappa shape index (κ3) is 3.55. The highest BCUT2D eigenvalue weighted by atomic mass is 35.5. The molecule has 1 N–H and O–H groups in total. The maximum atomic E-state index is 5.91. The van der Waals surface area contributed by atoms with E-state index in [-0.39, 0.29) is 12.1 Å². The number of hydrogen-bond donors (Lipinski definition) is 1. The molecule has 0 spiro atoms. The van der Waals surface area contributed by atoms with Gasteiger partial charge < -0.3 is 4.42 Å². The lowest BCUT2D eigenvalue weighted by Gasteiger charge is -2.20. The molecule has 5 heteroatoms. The summed E-state index contributed by atoms with van der Waals surface area (Å²) in [5.74, 6) is 1.20. The molecule has 102 valence electrons. The maximum Gasteiger partial charge on any atom is 0.233 e. The van der Waals surface area contributed by atoms with Crippen molar-refractivity contribution in [3.05, 3.63) is 46.6 Å². The van der Waals surface area contributed by atoms with E-state index in [9.17, 15) is 0 Å². The number of aromatic nitrogens is 2. The molecule has 1 heterocycles. The van der Waals surface area contributed by atoms with Gasteiger partial charge in [0, 0.05) is 18.0 Å². The Morgan fingerprint density at radius 1 is 1.26 bits per heavy atom. The fourth-order valence-electron chi connectivity index (χ4n) is 2.00. The lowest BCUT2D eigenvalue weighted by atomic mass is 10.0. The second-order valence-electron chi connectivity index (χ2n) is 4.56. The lowest BCUT2D eigenvalue weighted by molar-refractivity contribution is 0.367. The molecular weight excluding hydrogens is 262 g/mol. The van der Waals surface area contributed by atoms with Gasteiger partial charge in [-0.15, -0.1) is 10.2 Å². The van der Waals surface area contributed by atoms with E-state index in [0.29, 0.717) is 11.8 Å². The van der Waals surface area contributed by atoms with Crippen LogP contribution < -0.4 is 5.32 Å². The van der Waals surface area contributed by atoms with Crippen molar-refractivity contribution in [2.24, 2.45) is 0 Å². The minimum Gasteiger partial charge on any atom is -0.424 e. The normalized spacial score (nSPS) is 14.3. The molecule has 1 aromatic heterocycles. The minimum absolute atomic E-state index is 0.0156. The van der Waals surface area contributed by atoms with Crippen LogP contribution in [0.1, 0.15) is 49.7 Å². The Kier molecular flexibility index (Phi) is 4.56. The predicted molar refractivity (Wildman–Crippen MR) is 75.1 cm³/mol. The number of nitrogens with one attached hydrogen (secondary N) is 1. The molecule has 0 saturated carbocycles. The van der Waals surface area contributed by atoms with Gasteiger partial charge in [0.25, 0.3) is 0 Å².